The molecule has 0 bridgehead atoms. The van der Waals surface area contributed by atoms with Crippen molar-refractivity contribution in [2.75, 3.05) is 14.2 Å². The molecule has 2 nitrogen and oxygen atoms in total. The molecule has 0 amide bonds. The number of halogens is 1. The van der Waals surface area contributed by atoms with Gasteiger partial charge in [0.15, 0.2) is 0 Å². The van der Waals surface area contributed by atoms with E-state index in [1.807, 2.05) is 18.2 Å². The number of hydrogen-bond acceptors (Lipinski definition) is 2. The zero-order valence-electron chi connectivity index (χ0n) is 14.4. The molecule has 1 saturated carbocycles. The molecule has 128 valence electrons. The Labute approximate surface area is 143 Å². The third-order valence-corrected chi connectivity index (χ3v) is 5.20. The van der Waals surface area contributed by atoms with Crippen LogP contribution in [0, 0.1) is 5.82 Å². The molecule has 0 heterocycles. The Morgan fingerprint density at radius 3 is 2.33 bits per heavy atom. The number of methoxy groups -OCH3 is 2. The summed E-state index contributed by atoms with van der Waals surface area (Å²) in [5, 5.41) is 0. The van der Waals surface area contributed by atoms with Gasteiger partial charge in [0, 0.05) is 14.2 Å². The summed E-state index contributed by atoms with van der Waals surface area (Å²) in [7, 11) is 3.49. The minimum Gasteiger partial charge on any atom is -0.381 e. The molecule has 0 saturated heterocycles. The minimum absolute atomic E-state index is 0.191. The Morgan fingerprint density at radius 1 is 1.00 bits per heavy atom. The molecule has 1 aliphatic carbocycles. The Kier molecular flexibility index (Phi) is 5.32. The second-order valence-corrected chi connectivity index (χ2v) is 6.64. The van der Waals surface area contributed by atoms with Gasteiger partial charge in [0.2, 0.25) is 0 Å². The molecule has 2 aromatic rings. The largest absolute Gasteiger partial charge is 0.381 e. The Bertz CT molecular complexity index is 661. The smallest absolute Gasteiger partial charge is 0.123 e. The van der Waals surface area contributed by atoms with Crippen LogP contribution in [0.4, 0.5) is 4.39 Å². The van der Waals surface area contributed by atoms with Crippen molar-refractivity contribution in [3.05, 3.63) is 71.0 Å². The van der Waals surface area contributed by atoms with E-state index in [-0.39, 0.29) is 11.9 Å². The van der Waals surface area contributed by atoms with E-state index in [0.717, 1.165) is 43.2 Å². The first kappa shape index (κ1) is 17.1. The number of hydrogen-bond donors (Lipinski definition) is 0. The predicted octanol–water partition coefficient (Wildman–Crippen LogP) is 4.85. The van der Waals surface area contributed by atoms with Crippen molar-refractivity contribution in [1.29, 1.82) is 0 Å². The fourth-order valence-electron chi connectivity index (χ4n) is 3.75. The lowest BCUT2D eigenvalue weighted by Gasteiger charge is -2.39. The number of benzene rings is 2. The third-order valence-electron chi connectivity index (χ3n) is 5.20. The van der Waals surface area contributed by atoms with Crippen molar-refractivity contribution in [3.63, 3.8) is 0 Å². The van der Waals surface area contributed by atoms with E-state index in [1.165, 1.54) is 5.56 Å². The van der Waals surface area contributed by atoms with Crippen LogP contribution in [-0.4, -0.2) is 20.3 Å². The maximum Gasteiger partial charge on any atom is 0.123 e. The lowest BCUT2D eigenvalue weighted by atomic mass is 9.77. The molecule has 0 atom stereocenters. The zero-order chi connectivity index (χ0) is 17.0. The molecule has 3 heteroatoms. The van der Waals surface area contributed by atoms with Crippen LogP contribution in [0.25, 0.3) is 0 Å². The quantitative estimate of drug-likeness (QED) is 0.781. The van der Waals surface area contributed by atoms with Gasteiger partial charge in [0.05, 0.1) is 11.7 Å². The van der Waals surface area contributed by atoms with Gasteiger partial charge in [0.25, 0.3) is 0 Å². The van der Waals surface area contributed by atoms with Gasteiger partial charge in [-0.05, 0) is 60.9 Å². The second-order valence-electron chi connectivity index (χ2n) is 6.64. The first-order valence-electron chi connectivity index (χ1n) is 8.57. The molecule has 0 N–H and O–H groups in total. The molecule has 0 radical (unpaired) electrons. The van der Waals surface area contributed by atoms with E-state index < -0.39 is 5.60 Å². The maximum absolute atomic E-state index is 14.3. The Morgan fingerprint density at radius 2 is 1.71 bits per heavy atom. The molecule has 0 unspecified atom stereocenters. The first-order valence-corrected chi connectivity index (χ1v) is 8.57. The minimum atomic E-state index is -0.400. The van der Waals surface area contributed by atoms with Crippen molar-refractivity contribution >= 4 is 0 Å². The van der Waals surface area contributed by atoms with E-state index in [9.17, 15) is 4.39 Å². The highest BCUT2D eigenvalue weighted by Gasteiger charge is 2.37. The fourth-order valence-corrected chi connectivity index (χ4v) is 3.75. The van der Waals surface area contributed by atoms with Crippen LogP contribution in [0.5, 0.6) is 0 Å². The number of ether oxygens (including phenoxy) is 2. The van der Waals surface area contributed by atoms with Gasteiger partial charge in [-0.3, -0.25) is 0 Å². The van der Waals surface area contributed by atoms with Crippen molar-refractivity contribution in [2.45, 2.75) is 43.8 Å². The van der Waals surface area contributed by atoms with Gasteiger partial charge in [-0.1, -0.05) is 36.4 Å². The van der Waals surface area contributed by atoms with Crippen molar-refractivity contribution in [1.82, 2.24) is 0 Å². The van der Waals surface area contributed by atoms with E-state index >= 15 is 0 Å². The van der Waals surface area contributed by atoms with Crippen molar-refractivity contribution < 1.29 is 13.9 Å². The molecule has 0 spiro atoms. The van der Waals surface area contributed by atoms with Gasteiger partial charge in [-0.25, -0.2) is 4.39 Å². The fraction of sp³-hybridized carbons (Fsp3) is 0.429. The standard InChI is InChI=1S/C21H25FO2/c1-23-20-8-10-21(24-2,11-9-20)18-13-17(14-19(22)15-18)12-16-6-4-3-5-7-16/h3-7,13-15,20H,8-12H2,1-2H3. The topological polar surface area (TPSA) is 18.5 Å². The van der Waals surface area contributed by atoms with Crippen LogP contribution in [0.15, 0.2) is 48.5 Å². The molecular formula is C21H25FO2. The van der Waals surface area contributed by atoms with E-state index in [4.69, 9.17) is 9.47 Å². The summed E-state index contributed by atoms with van der Waals surface area (Å²) in [6.45, 7) is 0. The highest BCUT2D eigenvalue weighted by atomic mass is 19.1. The molecule has 2 aromatic carbocycles. The van der Waals surface area contributed by atoms with Crippen LogP contribution >= 0.6 is 0 Å². The van der Waals surface area contributed by atoms with Crippen LogP contribution in [0.2, 0.25) is 0 Å². The van der Waals surface area contributed by atoms with Crippen LogP contribution in [0.3, 0.4) is 0 Å². The van der Waals surface area contributed by atoms with E-state index in [1.54, 1.807) is 26.4 Å². The number of rotatable bonds is 5. The highest BCUT2D eigenvalue weighted by Crippen LogP contribution is 2.41. The normalized spacial score (nSPS) is 24.0. The van der Waals surface area contributed by atoms with Crippen LogP contribution in [0.1, 0.15) is 42.4 Å². The predicted molar refractivity (Wildman–Crippen MR) is 93.6 cm³/mol. The maximum atomic E-state index is 14.3. The Hall–Kier alpha value is -1.71. The molecule has 1 fully saturated rings. The third kappa shape index (κ3) is 3.68. The van der Waals surface area contributed by atoms with Gasteiger partial charge in [0.1, 0.15) is 5.82 Å². The second kappa shape index (κ2) is 7.45. The van der Waals surface area contributed by atoms with Gasteiger partial charge < -0.3 is 9.47 Å². The Balaban J connectivity index is 1.87. The zero-order valence-corrected chi connectivity index (χ0v) is 14.4. The molecule has 24 heavy (non-hydrogen) atoms. The summed E-state index contributed by atoms with van der Waals surface area (Å²) in [5.74, 6) is -0.191. The summed E-state index contributed by atoms with van der Waals surface area (Å²) in [6.07, 6.45) is 4.60. The summed E-state index contributed by atoms with van der Waals surface area (Å²) in [4.78, 5) is 0. The van der Waals surface area contributed by atoms with E-state index in [2.05, 4.69) is 18.2 Å². The highest BCUT2D eigenvalue weighted by molar-refractivity contribution is 5.33. The van der Waals surface area contributed by atoms with Crippen LogP contribution in [-0.2, 0) is 21.5 Å². The molecule has 0 aliphatic heterocycles. The average Bonchev–Trinajstić information content (AvgIpc) is 2.62. The SMILES string of the molecule is COC1CCC(OC)(c2cc(F)cc(Cc3ccccc3)c2)CC1. The van der Waals surface area contributed by atoms with Crippen molar-refractivity contribution in [2.24, 2.45) is 0 Å². The van der Waals surface area contributed by atoms with Crippen molar-refractivity contribution in [3.8, 4) is 0 Å². The monoisotopic (exact) mass is 328 g/mol. The van der Waals surface area contributed by atoms with Gasteiger partial charge in [-0.2, -0.15) is 0 Å². The molecule has 0 aromatic heterocycles. The molecule has 3 rings (SSSR count). The van der Waals surface area contributed by atoms with E-state index in [0.29, 0.717) is 0 Å². The van der Waals surface area contributed by atoms with Gasteiger partial charge >= 0.3 is 0 Å². The first-order chi connectivity index (χ1) is 11.6. The average molecular weight is 328 g/mol. The summed E-state index contributed by atoms with van der Waals surface area (Å²) < 4.78 is 25.6. The molecular weight excluding hydrogens is 303 g/mol. The summed E-state index contributed by atoms with van der Waals surface area (Å²) in [5.41, 5.74) is 2.72. The summed E-state index contributed by atoms with van der Waals surface area (Å²) in [6, 6.07) is 15.5. The van der Waals surface area contributed by atoms with Gasteiger partial charge in [-0.15, -0.1) is 0 Å². The molecule has 1 aliphatic rings. The summed E-state index contributed by atoms with van der Waals surface area (Å²) >= 11 is 0. The lowest BCUT2D eigenvalue weighted by Crippen LogP contribution is -2.36. The lowest BCUT2D eigenvalue weighted by molar-refractivity contribution is -0.0763. The van der Waals surface area contributed by atoms with Crippen LogP contribution < -0.4 is 0 Å².